The van der Waals surface area contributed by atoms with Gasteiger partial charge in [-0.05, 0) is 26.7 Å². The van der Waals surface area contributed by atoms with E-state index in [0.717, 1.165) is 12.8 Å². The third-order valence-corrected chi connectivity index (χ3v) is 4.56. The Balaban J connectivity index is 2.27. The molecule has 0 unspecified atom stereocenters. The second-order valence-corrected chi connectivity index (χ2v) is 6.93. The number of aliphatic hydroxyl groups excluding tert-OH is 1. The molecular formula is C18H32O7. The normalized spacial score (nSPS) is 34.8. The fraction of sp³-hybridized carbons (Fsp3) is 0.889. The smallest absolute Gasteiger partial charge is 0.190 e. The van der Waals surface area contributed by atoms with Gasteiger partial charge in [0.25, 0.3) is 0 Å². The summed E-state index contributed by atoms with van der Waals surface area (Å²) in [5, 5.41) is 10.3. The largest absolute Gasteiger partial charge is 0.393 e. The fourth-order valence-electron chi connectivity index (χ4n) is 3.40. The zero-order valence-electron chi connectivity index (χ0n) is 15.7. The number of unbranched alkanes of at least 4 members (excludes halogenated alkanes) is 1. The molecule has 2 aliphatic rings. The van der Waals surface area contributed by atoms with E-state index < -0.39 is 36.0 Å². The van der Waals surface area contributed by atoms with Crippen LogP contribution in [0.5, 0.6) is 0 Å². The van der Waals surface area contributed by atoms with Crippen molar-refractivity contribution in [3.8, 4) is 0 Å². The first-order valence-electron chi connectivity index (χ1n) is 8.91. The molecule has 0 aliphatic carbocycles. The Morgan fingerprint density at radius 3 is 2.64 bits per heavy atom. The lowest BCUT2D eigenvalue weighted by Crippen LogP contribution is -2.58. The fourth-order valence-corrected chi connectivity index (χ4v) is 3.40. The van der Waals surface area contributed by atoms with Crippen molar-refractivity contribution >= 4 is 0 Å². The second-order valence-electron chi connectivity index (χ2n) is 6.93. The lowest BCUT2D eigenvalue weighted by atomic mass is 9.87. The highest BCUT2D eigenvalue weighted by Crippen LogP contribution is 2.46. The van der Waals surface area contributed by atoms with Gasteiger partial charge in [0.15, 0.2) is 12.1 Å². The lowest BCUT2D eigenvalue weighted by molar-refractivity contribution is -0.281. The van der Waals surface area contributed by atoms with Crippen molar-refractivity contribution in [3.63, 3.8) is 0 Å². The van der Waals surface area contributed by atoms with Gasteiger partial charge in [0.05, 0.1) is 12.7 Å². The van der Waals surface area contributed by atoms with Gasteiger partial charge in [-0.1, -0.05) is 19.4 Å². The monoisotopic (exact) mass is 360 g/mol. The number of rotatable bonds is 11. The van der Waals surface area contributed by atoms with Gasteiger partial charge in [0.2, 0.25) is 0 Å². The molecule has 0 bridgehead atoms. The van der Waals surface area contributed by atoms with Crippen molar-refractivity contribution in [1.29, 1.82) is 0 Å². The number of methoxy groups -OCH3 is 1. The Morgan fingerprint density at radius 1 is 1.28 bits per heavy atom. The topological polar surface area (TPSA) is 75.6 Å². The second kappa shape index (κ2) is 8.90. The molecule has 0 saturated carbocycles. The predicted molar refractivity (Wildman–Crippen MR) is 90.9 cm³/mol. The standard InChI is InChI=1S/C18H32O7/c1-6-8-10-21-15-14-16(24-17(3,4)23-14)25-18(15,11-19)13(9-7-2)22-12-20-5/h7,13-16,19H,2,6,8-12H2,1,3-5H3/t13-,14+,15+,16-,18+/m0/s1. The lowest BCUT2D eigenvalue weighted by Gasteiger charge is -2.40. The molecule has 1 N–H and O–H groups in total. The van der Waals surface area contributed by atoms with E-state index in [-0.39, 0.29) is 13.4 Å². The van der Waals surface area contributed by atoms with Crippen molar-refractivity contribution in [2.45, 2.75) is 76.0 Å². The zero-order chi connectivity index (χ0) is 18.5. The van der Waals surface area contributed by atoms with Gasteiger partial charge in [-0.15, -0.1) is 6.58 Å². The molecule has 146 valence electrons. The van der Waals surface area contributed by atoms with Crippen LogP contribution < -0.4 is 0 Å². The van der Waals surface area contributed by atoms with Crippen LogP contribution in [0.1, 0.15) is 40.0 Å². The van der Waals surface area contributed by atoms with E-state index in [4.69, 9.17) is 28.4 Å². The van der Waals surface area contributed by atoms with E-state index in [1.165, 1.54) is 0 Å². The minimum atomic E-state index is -1.10. The minimum Gasteiger partial charge on any atom is -0.393 e. The van der Waals surface area contributed by atoms with Gasteiger partial charge < -0.3 is 33.5 Å². The Bertz CT molecular complexity index is 428. The van der Waals surface area contributed by atoms with Gasteiger partial charge in [0.1, 0.15) is 24.6 Å². The average Bonchev–Trinajstić information content (AvgIpc) is 3.01. The molecule has 2 rings (SSSR count). The molecule has 0 spiro atoms. The van der Waals surface area contributed by atoms with Crippen LogP contribution in [0.15, 0.2) is 12.7 Å². The Labute approximate surface area is 150 Å². The highest BCUT2D eigenvalue weighted by molar-refractivity contribution is 5.09. The summed E-state index contributed by atoms with van der Waals surface area (Å²) in [5.41, 5.74) is -1.10. The Kier molecular flexibility index (Phi) is 7.40. The summed E-state index contributed by atoms with van der Waals surface area (Å²) in [6, 6.07) is 0. The molecule has 2 aliphatic heterocycles. The SMILES string of the molecule is C=CC[C@H](OCOC)[C@@]1(CO)O[C@@H]2OC(C)(C)O[C@@H]2[C@H]1OCCCC. The summed E-state index contributed by atoms with van der Waals surface area (Å²) >= 11 is 0. The van der Waals surface area contributed by atoms with Crippen LogP contribution in [0, 0.1) is 0 Å². The van der Waals surface area contributed by atoms with Gasteiger partial charge >= 0.3 is 0 Å². The van der Waals surface area contributed by atoms with Crippen molar-refractivity contribution in [1.82, 2.24) is 0 Å². The number of hydrogen-bond acceptors (Lipinski definition) is 7. The quantitative estimate of drug-likeness (QED) is 0.343. The molecule has 0 amide bonds. The predicted octanol–water partition coefficient (Wildman–Crippen LogP) is 1.98. The van der Waals surface area contributed by atoms with Crippen LogP contribution in [0.2, 0.25) is 0 Å². The molecule has 0 aromatic heterocycles. The van der Waals surface area contributed by atoms with E-state index in [1.807, 2.05) is 13.8 Å². The third kappa shape index (κ3) is 4.42. The molecule has 7 nitrogen and oxygen atoms in total. The summed E-state index contributed by atoms with van der Waals surface area (Å²) in [6.07, 6.45) is 2.05. The molecule has 2 heterocycles. The average molecular weight is 360 g/mol. The number of fused-ring (bicyclic) bond motifs is 1. The van der Waals surface area contributed by atoms with E-state index in [0.29, 0.717) is 13.0 Å². The Hall–Kier alpha value is -0.540. The molecule has 2 saturated heterocycles. The van der Waals surface area contributed by atoms with E-state index >= 15 is 0 Å². The maximum atomic E-state index is 10.3. The van der Waals surface area contributed by atoms with Gasteiger partial charge in [-0.2, -0.15) is 0 Å². The highest BCUT2D eigenvalue weighted by atomic mass is 16.9. The third-order valence-electron chi connectivity index (χ3n) is 4.56. The summed E-state index contributed by atoms with van der Waals surface area (Å²) in [5.74, 6) is -0.759. The maximum absolute atomic E-state index is 10.3. The van der Waals surface area contributed by atoms with Crippen molar-refractivity contribution in [2.24, 2.45) is 0 Å². The van der Waals surface area contributed by atoms with Gasteiger partial charge in [0, 0.05) is 13.7 Å². The number of ether oxygens (including phenoxy) is 6. The first-order chi connectivity index (χ1) is 11.9. The van der Waals surface area contributed by atoms with Crippen LogP contribution >= 0.6 is 0 Å². The highest BCUT2D eigenvalue weighted by Gasteiger charge is 2.65. The number of hydrogen-bond donors (Lipinski definition) is 1. The van der Waals surface area contributed by atoms with Crippen molar-refractivity contribution < 1.29 is 33.5 Å². The van der Waals surface area contributed by atoms with E-state index in [2.05, 4.69) is 13.5 Å². The summed E-state index contributed by atoms with van der Waals surface area (Å²) in [4.78, 5) is 0. The van der Waals surface area contributed by atoms with E-state index in [9.17, 15) is 5.11 Å². The summed E-state index contributed by atoms with van der Waals surface area (Å²) in [7, 11) is 1.55. The van der Waals surface area contributed by atoms with E-state index in [1.54, 1.807) is 13.2 Å². The van der Waals surface area contributed by atoms with Crippen LogP contribution in [0.4, 0.5) is 0 Å². The molecule has 0 radical (unpaired) electrons. The molecule has 2 fully saturated rings. The molecule has 0 aromatic rings. The van der Waals surface area contributed by atoms with Gasteiger partial charge in [-0.25, -0.2) is 0 Å². The molecule has 7 heteroatoms. The van der Waals surface area contributed by atoms with Crippen LogP contribution in [0.3, 0.4) is 0 Å². The Morgan fingerprint density at radius 2 is 2.04 bits per heavy atom. The summed E-state index contributed by atoms with van der Waals surface area (Å²) in [6.45, 7) is 9.88. The molecule has 25 heavy (non-hydrogen) atoms. The molecule has 0 aromatic carbocycles. The van der Waals surface area contributed by atoms with Crippen LogP contribution in [-0.4, -0.2) is 68.2 Å². The minimum absolute atomic E-state index is 0.0772. The van der Waals surface area contributed by atoms with Crippen molar-refractivity contribution in [2.75, 3.05) is 27.1 Å². The first kappa shape index (κ1) is 20.8. The molecular weight excluding hydrogens is 328 g/mol. The van der Waals surface area contributed by atoms with Gasteiger partial charge in [-0.3, -0.25) is 0 Å². The van der Waals surface area contributed by atoms with Crippen molar-refractivity contribution in [3.05, 3.63) is 12.7 Å². The molecule has 5 atom stereocenters. The van der Waals surface area contributed by atoms with Crippen LogP contribution in [-0.2, 0) is 28.4 Å². The first-order valence-corrected chi connectivity index (χ1v) is 8.91. The maximum Gasteiger partial charge on any atom is 0.190 e. The number of aliphatic hydroxyl groups is 1. The van der Waals surface area contributed by atoms with Crippen LogP contribution in [0.25, 0.3) is 0 Å². The zero-order valence-corrected chi connectivity index (χ0v) is 15.7. The summed E-state index contributed by atoms with van der Waals surface area (Å²) < 4.78 is 35.0.